The standard InChI is InChI=1S/C20H16F2N6O2S/c21-14-9-13(10-15(22)16(14)18(29)27-4-6-30-7-5-27)28-3-1-12-11-24-19(25-17(12)28)26-20-23-2-8-31-20/h1-3,8-11H,4-7H2,(H,23,24,25,26). The van der Waals surface area contributed by atoms with Gasteiger partial charge in [-0.25, -0.2) is 18.7 Å². The number of nitrogens with one attached hydrogen (secondary N) is 1. The van der Waals surface area contributed by atoms with Crippen molar-refractivity contribution in [1.82, 2.24) is 24.4 Å². The zero-order chi connectivity index (χ0) is 21.4. The number of hydrogen-bond donors (Lipinski definition) is 1. The third-order valence-corrected chi connectivity index (χ3v) is 5.58. The first-order valence-corrected chi connectivity index (χ1v) is 10.3. The summed E-state index contributed by atoms with van der Waals surface area (Å²) >= 11 is 1.39. The fourth-order valence-corrected chi connectivity index (χ4v) is 3.92. The normalized spacial score (nSPS) is 14.2. The number of thiazole rings is 1. The van der Waals surface area contributed by atoms with Crippen molar-refractivity contribution in [3.05, 3.63) is 59.4 Å². The van der Waals surface area contributed by atoms with Gasteiger partial charge in [0.1, 0.15) is 22.8 Å². The number of rotatable bonds is 4. The Labute approximate surface area is 179 Å². The average Bonchev–Trinajstić information content (AvgIpc) is 3.43. The molecule has 11 heteroatoms. The van der Waals surface area contributed by atoms with E-state index >= 15 is 0 Å². The van der Waals surface area contributed by atoms with Crippen molar-refractivity contribution in [2.45, 2.75) is 0 Å². The van der Waals surface area contributed by atoms with Crippen LogP contribution in [0.4, 0.5) is 19.9 Å². The summed E-state index contributed by atoms with van der Waals surface area (Å²) in [7, 11) is 0. The first kappa shape index (κ1) is 19.5. The number of amides is 1. The molecule has 0 unspecified atom stereocenters. The highest BCUT2D eigenvalue weighted by atomic mass is 32.1. The number of aromatic nitrogens is 4. The molecule has 8 nitrogen and oxygen atoms in total. The maximum Gasteiger partial charge on any atom is 0.259 e. The molecule has 1 amide bonds. The lowest BCUT2D eigenvalue weighted by atomic mass is 10.1. The summed E-state index contributed by atoms with van der Waals surface area (Å²) in [5.41, 5.74) is 0.102. The van der Waals surface area contributed by atoms with Gasteiger partial charge >= 0.3 is 0 Å². The van der Waals surface area contributed by atoms with Gasteiger partial charge in [0, 0.05) is 42.4 Å². The van der Waals surface area contributed by atoms with Crippen LogP contribution in [0.3, 0.4) is 0 Å². The molecule has 1 N–H and O–H groups in total. The minimum atomic E-state index is -0.927. The molecule has 0 bridgehead atoms. The van der Waals surface area contributed by atoms with Gasteiger partial charge in [-0.2, -0.15) is 4.98 Å². The van der Waals surface area contributed by atoms with E-state index in [1.54, 1.807) is 29.2 Å². The van der Waals surface area contributed by atoms with E-state index < -0.39 is 23.1 Å². The zero-order valence-electron chi connectivity index (χ0n) is 16.1. The van der Waals surface area contributed by atoms with E-state index in [1.807, 2.05) is 5.38 Å². The predicted molar refractivity (Wildman–Crippen MR) is 111 cm³/mol. The topological polar surface area (TPSA) is 85.2 Å². The minimum absolute atomic E-state index is 0.211. The van der Waals surface area contributed by atoms with Crippen molar-refractivity contribution in [2.75, 3.05) is 31.6 Å². The Hall–Kier alpha value is -3.44. The van der Waals surface area contributed by atoms with E-state index in [0.717, 1.165) is 12.1 Å². The molecule has 1 aliphatic heterocycles. The van der Waals surface area contributed by atoms with E-state index in [-0.39, 0.29) is 5.69 Å². The van der Waals surface area contributed by atoms with E-state index in [1.165, 1.54) is 16.2 Å². The maximum absolute atomic E-state index is 14.9. The van der Waals surface area contributed by atoms with Crippen molar-refractivity contribution < 1.29 is 18.3 Å². The quantitative estimate of drug-likeness (QED) is 0.522. The van der Waals surface area contributed by atoms with Crippen molar-refractivity contribution in [3.8, 4) is 5.69 Å². The predicted octanol–water partition coefficient (Wildman–Crippen LogP) is 3.37. The first-order valence-electron chi connectivity index (χ1n) is 9.47. The van der Waals surface area contributed by atoms with Crippen LogP contribution in [0.1, 0.15) is 10.4 Å². The van der Waals surface area contributed by atoms with Gasteiger partial charge in [0.15, 0.2) is 5.13 Å². The molecule has 1 saturated heterocycles. The molecular formula is C20H16F2N6O2S. The summed E-state index contributed by atoms with van der Waals surface area (Å²) in [6.07, 6.45) is 4.90. The highest BCUT2D eigenvalue weighted by molar-refractivity contribution is 7.13. The Morgan fingerprint density at radius 2 is 1.94 bits per heavy atom. The number of carbonyl (C=O) groups is 1. The molecule has 0 atom stereocenters. The largest absolute Gasteiger partial charge is 0.378 e. The first-order chi connectivity index (χ1) is 15.1. The number of anilines is 2. The SMILES string of the molecule is O=C(c1c(F)cc(-n2ccc3cnc(Nc4nccs4)nc32)cc1F)N1CCOCC1. The minimum Gasteiger partial charge on any atom is -0.378 e. The second kappa shape index (κ2) is 8.00. The van der Waals surface area contributed by atoms with Crippen molar-refractivity contribution in [2.24, 2.45) is 0 Å². The second-order valence-corrected chi connectivity index (χ2v) is 7.70. The van der Waals surface area contributed by atoms with E-state index in [9.17, 15) is 13.6 Å². The highest BCUT2D eigenvalue weighted by Crippen LogP contribution is 2.25. The van der Waals surface area contributed by atoms with Crippen LogP contribution in [0.2, 0.25) is 0 Å². The summed E-state index contributed by atoms with van der Waals surface area (Å²) in [6, 6.07) is 4.00. The van der Waals surface area contributed by atoms with Gasteiger partial charge in [-0.05, 0) is 18.2 Å². The van der Waals surface area contributed by atoms with E-state index in [4.69, 9.17) is 4.74 Å². The van der Waals surface area contributed by atoms with Gasteiger partial charge in [-0.15, -0.1) is 11.3 Å². The molecule has 158 valence electrons. The average molecular weight is 442 g/mol. The molecule has 3 aromatic heterocycles. The van der Waals surface area contributed by atoms with Crippen molar-refractivity contribution in [1.29, 1.82) is 0 Å². The van der Waals surface area contributed by atoms with Gasteiger partial charge in [-0.3, -0.25) is 10.1 Å². The second-order valence-electron chi connectivity index (χ2n) is 6.81. The highest BCUT2D eigenvalue weighted by Gasteiger charge is 2.26. The van der Waals surface area contributed by atoms with Crippen LogP contribution in [0.25, 0.3) is 16.7 Å². The summed E-state index contributed by atoms with van der Waals surface area (Å²) in [6.45, 7) is 1.29. The molecule has 1 fully saturated rings. The van der Waals surface area contributed by atoms with E-state index in [0.29, 0.717) is 48.4 Å². The number of fused-ring (bicyclic) bond motifs is 1. The number of hydrogen-bond acceptors (Lipinski definition) is 7. The molecular weight excluding hydrogens is 426 g/mol. The lowest BCUT2D eigenvalue weighted by molar-refractivity contribution is 0.0296. The summed E-state index contributed by atoms with van der Waals surface area (Å²) in [5.74, 6) is -2.23. The fraction of sp³-hybridized carbons (Fsp3) is 0.200. The van der Waals surface area contributed by atoms with Crippen LogP contribution in [0.5, 0.6) is 0 Å². The van der Waals surface area contributed by atoms with E-state index in [2.05, 4.69) is 20.3 Å². The molecule has 0 spiro atoms. The van der Waals surface area contributed by atoms with Gasteiger partial charge in [0.05, 0.1) is 18.9 Å². The van der Waals surface area contributed by atoms with Crippen molar-refractivity contribution >= 4 is 39.4 Å². The Morgan fingerprint density at radius 1 is 1.16 bits per heavy atom. The Balaban J connectivity index is 1.50. The smallest absolute Gasteiger partial charge is 0.259 e. The molecule has 1 aliphatic rings. The number of ether oxygens (including phenoxy) is 1. The van der Waals surface area contributed by atoms with Crippen LogP contribution >= 0.6 is 11.3 Å². The summed E-state index contributed by atoms with van der Waals surface area (Å²) in [5, 5.41) is 6.12. The molecule has 0 saturated carbocycles. The number of carbonyl (C=O) groups excluding carboxylic acids is 1. The molecule has 0 aliphatic carbocycles. The zero-order valence-corrected chi connectivity index (χ0v) is 16.9. The molecule has 4 heterocycles. The number of morpholine rings is 1. The number of halogens is 2. The van der Waals surface area contributed by atoms with Crippen LogP contribution < -0.4 is 5.32 Å². The number of benzene rings is 1. The Bertz CT molecular complexity index is 1230. The lowest BCUT2D eigenvalue weighted by Crippen LogP contribution is -2.41. The maximum atomic E-state index is 14.9. The number of nitrogens with zero attached hydrogens (tertiary/aromatic N) is 5. The van der Waals surface area contributed by atoms with Crippen LogP contribution in [-0.2, 0) is 4.74 Å². The molecule has 31 heavy (non-hydrogen) atoms. The summed E-state index contributed by atoms with van der Waals surface area (Å²) in [4.78, 5) is 26.8. The molecule has 4 aromatic rings. The van der Waals surface area contributed by atoms with Crippen molar-refractivity contribution in [3.63, 3.8) is 0 Å². The Kier molecular flexibility index (Phi) is 5.04. The van der Waals surface area contributed by atoms with Gasteiger partial charge < -0.3 is 14.2 Å². The Morgan fingerprint density at radius 3 is 2.65 bits per heavy atom. The monoisotopic (exact) mass is 442 g/mol. The van der Waals surface area contributed by atoms with Crippen LogP contribution in [0, 0.1) is 11.6 Å². The van der Waals surface area contributed by atoms with Gasteiger partial charge in [0.2, 0.25) is 5.95 Å². The van der Waals surface area contributed by atoms with Crippen LogP contribution in [-0.4, -0.2) is 56.6 Å². The fourth-order valence-electron chi connectivity index (χ4n) is 3.40. The molecule has 0 radical (unpaired) electrons. The van der Waals surface area contributed by atoms with Gasteiger partial charge in [0.25, 0.3) is 5.91 Å². The van der Waals surface area contributed by atoms with Crippen LogP contribution in [0.15, 0.2) is 42.2 Å². The molecule has 5 rings (SSSR count). The third-order valence-electron chi connectivity index (χ3n) is 4.90. The molecule has 1 aromatic carbocycles. The summed E-state index contributed by atoms with van der Waals surface area (Å²) < 4.78 is 36.4. The van der Waals surface area contributed by atoms with Gasteiger partial charge in [-0.1, -0.05) is 0 Å². The third kappa shape index (κ3) is 3.73. The lowest BCUT2D eigenvalue weighted by Gasteiger charge is -2.27.